The van der Waals surface area contributed by atoms with Gasteiger partial charge in [-0.25, -0.2) is 4.79 Å². The van der Waals surface area contributed by atoms with E-state index < -0.39 is 6.04 Å². The molecule has 25 heavy (non-hydrogen) atoms. The van der Waals surface area contributed by atoms with E-state index in [1.807, 2.05) is 24.3 Å². The molecule has 1 atom stereocenters. The third-order valence-electron chi connectivity index (χ3n) is 4.82. The number of rotatable bonds is 5. The zero-order valence-corrected chi connectivity index (χ0v) is 14.6. The van der Waals surface area contributed by atoms with E-state index in [2.05, 4.69) is 16.0 Å². The Labute approximate surface area is 148 Å². The number of ether oxygens (including phenoxy) is 1. The van der Waals surface area contributed by atoms with Gasteiger partial charge in [-0.1, -0.05) is 18.6 Å². The third kappa shape index (κ3) is 5.37. The number of hydrogen-bond acceptors (Lipinski definition) is 3. The van der Waals surface area contributed by atoms with Crippen molar-refractivity contribution in [3.63, 3.8) is 0 Å². The molecule has 1 saturated carbocycles. The Morgan fingerprint density at radius 1 is 1.08 bits per heavy atom. The van der Waals surface area contributed by atoms with Gasteiger partial charge >= 0.3 is 6.03 Å². The second-order valence-electron chi connectivity index (χ2n) is 6.83. The highest BCUT2D eigenvalue weighted by Crippen LogP contribution is 2.23. The highest BCUT2D eigenvalue weighted by Gasteiger charge is 2.23. The normalized spacial score (nSPS) is 21.3. The minimum Gasteiger partial charge on any atom is -0.490 e. The number of benzene rings is 1. The van der Waals surface area contributed by atoms with Crippen LogP contribution in [0.3, 0.4) is 0 Å². The standard InChI is InChI=1S/C19H27N3O3/c23-18-17(7-4-12-20-18)22-19(24)21-13-14-8-10-16(11-9-14)25-15-5-2-1-3-6-15/h8-11,15,17H,1-7,12-13H2,(H,20,23)(H2,21,22,24)/t17-/m0/s1. The van der Waals surface area contributed by atoms with Crippen LogP contribution in [0.1, 0.15) is 50.5 Å². The smallest absolute Gasteiger partial charge is 0.315 e. The molecule has 3 rings (SSSR count). The predicted molar refractivity (Wildman–Crippen MR) is 95.3 cm³/mol. The lowest BCUT2D eigenvalue weighted by atomic mass is 9.98. The van der Waals surface area contributed by atoms with E-state index in [4.69, 9.17) is 4.74 Å². The summed E-state index contributed by atoms with van der Waals surface area (Å²) in [5.74, 6) is 0.782. The first-order chi connectivity index (χ1) is 12.2. The van der Waals surface area contributed by atoms with Crippen LogP contribution in [0, 0.1) is 0 Å². The summed E-state index contributed by atoms with van der Waals surface area (Å²) in [7, 11) is 0. The van der Waals surface area contributed by atoms with Gasteiger partial charge < -0.3 is 20.7 Å². The molecule has 1 aromatic rings. The maximum absolute atomic E-state index is 11.9. The van der Waals surface area contributed by atoms with Gasteiger partial charge in [0.1, 0.15) is 11.8 Å². The molecule has 136 valence electrons. The van der Waals surface area contributed by atoms with E-state index in [1.165, 1.54) is 19.3 Å². The molecular formula is C19H27N3O3. The summed E-state index contributed by atoms with van der Waals surface area (Å²) in [5, 5.41) is 8.27. The first kappa shape index (κ1) is 17.6. The summed E-state index contributed by atoms with van der Waals surface area (Å²) in [6.07, 6.45) is 8.00. The Balaban J connectivity index is 1.41. The van der Waals surface area contributed by atoms with Crippen LogP contribution in [0.5, 0.6) is 5.75 Å². The van der Waals surface area contributed by atoms with Crippen LogP contribution in [0.15, 0.2) is 24.3 Å². The first-order valence-corrected chi connectivity index (χ1v) is 9.28. The van der Waals surface area contributed by atoms with Crippen molar-refractivity contribution in [3.05, 3.63) is 29.8 Å². The van der Waals surface area contributed by atoms with Crippen molar-refractivity contribution in [2.45, 2.75) is 63.6 Å². The lowest BCUT2D eigenvalue weighted by Gasteiger charge is -2.23. The molecule has 2 fully saturated rings. The van der Waals surface area contributed by atoms with E-state index in [0.29, 0.717) is 25.6 Å². The number of piperidine rings is 1. The van der Waals surface area contributed by atoms with Crippen molar-refractivity contribution in [1.29, 1.82) is 0 Å². The fourth-order valence-electron chi connectivity index (χ4n) is 3.36. The molecule has 3 N–H and O–H groups in total. The van der Waals surface area contributed by atoms with Gasteiger partial charge in [-0.2, -0.15) is 0 Å². The SMILES string of the molecule is O=C(NCc1ccc(OC2CCCCC2)cc1)N[C@H]1CCCNC1=O. The first-order valence-electron chi connectivity index (χ1n) is 9.28. The van der Waals surface area contributed by atoms with Crippen LogP contribution in [-0.2, 0) is 11.3 Å². The molecule has 6 nitrogen and oxygen atoms in total. The van der Waals surface area contributed by atoms with Gasteiger partial charge in [-0.05, 0) is 56.2 Å². The number of hydrogen-bond donors (Lipinski definition) is 3. The van der Waals surface area contributed by atoms with Crippen LogP contribution in [0.2, 0.25) is 0 Å². The van der Waals surface area contributed by atoms with Crippen molar-refractivity contribution < 1.29 is 14.3 Å². The largest absolute Gasteiger partial charge is 0.490 e. The second kappa shape index (κ2) is 8.74. The molecular weight excluding hydrogens is 318 g/mol. The van der Waals surface area contributed by atoms with Gasteiger partial charge in [0.15, 0.2) is 0 Å². The number of amides is 3. The second-order valence-corrected chi connectivity index (χ2v) is 6.83. The molecule has 0 radical (unpaired) electrons. The van der Waals surface area contributed by atoms with E-state index in [-0.39, 0.29) is 11.9 Å². The fraction of sp³-hybridized carbons (Fsp3) is 0.579. The van der Waals surface area contributed by atoms with Gasteiger partial charge in [0, 0.05) is 13.1 Å². The Morgan fingerprint density at radius 2 is 1.84 bits per heavy atom. The average molecular weight is 345 g/mol. The molecule has 3 amide bonds. The molecule has 0 aromatic heterocycles. The van der Waals surface area contributed by atoms with E-state index in [0.717, 1.165) is 30.6 Å². The van der Waals surface area contributed by atoms with E-state index in [9.17, 15) is 9.59 Å². The maximum Gasteiger partial charge on any atom is 0.315 e. The summed E-state index contributed by atoms with van der Waals surface area (Å²) in [6.45, 7) is 1.11. The fourth-order valence-corrected chi connectivity index (χ4v) is 3.36. The zero-order chi connectivity index (χ0) is 17.5. The molecule has 0 bridgehead atoms. The topological polar surface area (TPSA) is 79.5 Å². The highest BCUT2D eigenvalue weighted by molar-refractivity contribution is 5.87. The van der Waals surface area contributed by atoms with Gasteiger partial charge in [-0.15, -0.1) is 0 Å². The molecule has 1 aromatic carbocycles. The van der Waals surface area contributed by atoms with Crippen molar-refractivity contribution >= 4 is 11.9 Å². The van der Waals surface area contributed by atoms with Gasteiger partial charge in [0.05, 0.1) is 6.10 Å². The van der Waals surface area contributed by atoms with E-state index in [1.54, 1.807) is 0 Å². The highest BCUT2D eigenvalue weighted by atomic mass is 16.5. The monoisotopic (exact) mass is 345 g/mol. The number of carbonyl (C=O) groups excluding carboxylic acids is 2. The molecule has 0 spiro atoms. The van der Waals surface area contributed by atoms with Crippen LogP contribution in [0.4, 0.5) is 4.79 Å². The number of urea groups is 1. The van der Waals surface area contributed by atoms with E-state index >= 15 is 0 Å². The number of carbonyl (C=O) groups is 2. The minimum absolute atomic E-state index is 0.106. The summed E-state index contributed by atoms with van der Waals surface area (Å²) < 4.78 is 6.00. The Morgan fingerprint density at radius 3 is 2.56 bits per heavy atom. The van der Waals surface area contributed by atoms with Gasteiger partial charge in [0.2, 0.25) is 5.91 Å². The number of nitrogens with one attached hydrogen (secondary N) is 3. The predicted octanol–water partition coefficient (Wildman–Crippen LogP) is 2.48. The zero-order valence-electron chi connectivity index (χ0n) is 14.6. The summed E-state index contributed by atoms with van der Waals surface area (Å²) in [6, 6.07) is 7.10. The van der Waals surface area contributed by atoms with Crippen LogP contribution >= 0.6 is 0 Å². The summed E-state index contributed by atoms with van der Waals surface area (Å²) >= 11 is 0. The maximum atomic E-state index is 11.9. The Kier molecular flexibility index (Phi) is 6.14. The van der Waals surface area contributed by atoms with Gasteiger partial charge in [-0.3, -0.25) is 4.79 Å². The third-order valence-corrected chi connectivity index (χ3v) is 4.82. The Hall–Kier alpha value is -2.24. The molecule has 1 aliphatic carbocycles. The van der Waals surface area contributed by atoms with Crippen molar-refractivity contribution in [3.8, 4) is 5.75 Å². The lowest BCUT2D eigenvalue weighted by molar-refractivity contribution is -0.124. The van der Waals surface area contributed by atoms with Gasteiger partial charge in [0.25, 0.3) is 0 Å². The minimum atomic E-state index is -0.431. The quantitative estimate of drug-likeness (QED) is 0.767. The molecule has 1 aliphatic heterocycles. The molecule has 1 heterocycles. The average Bonchev–Trinajstić information content (AvgIpc) is 2.64. The molecule has 0 unspecified atom stereocenters. The van der Waals surface area contributed by atoms with Crippen LogP contribution < -0.4 is 20.7 Å². The lowest BCUT2D eigenvalue weighted by Crippen LogP contribution is -2.52. The molecule has 2 aliphatic rings. The van der Waals surface area contributed by atoms with Crippen molar-refractivity contribution in [2.75, 3.05) is 6.54 Å². The Bertz CT molecular complexity index is 582. The van der Waals surface area contributed by atoms with Crippen LogP contribution in [0.25, 0.3) is 0 Å². The molecule has 6 heteroatoms. The van der Waals surface area contributed by atoms with Crippen molar-refractivity contribution in [2.24, 2.45) is 0 Å². The molecule has 1 saturated heterocycles. The van der Waals surface area contributed by atoms with Crippen LogP contribution in [-0.4, -0.2) is 30.6 Å². The summed E-state index contributed by atoms with van der Waals surface area (Å²) in [5.41, 5.74) is 0.999. The van der Waals surface area contributed by atoms with Crippen molar-refractivity contribution in [1.82, 2.24) is 16.0 Å². The summed E-state index contributed by atoms with van der Waals surface area (Å²) in [4.78, 5) is 23.6.